The van der Waals surface area contributed by atoms with Crippen LogP contribution in [0.25, 0.3) is 0 Å². The first-order valence-corrected chi connectivity index (χ1v) is 9.43. The van der Waals surface area contributed by atoms with Gasteiger partial charge in [0.1, 0.15) is 0 Å². The zero-order chi connectivity index (χ0) is 15.5. The van der Waals surface area contributed by atoms with Gasteiger partial charge in [0.25, 0.3) is 0 Å². The quantitative estimate of drug-likeness (QED) is 0.860. The Morgan fingerprint density at radius 1 is 1.40 bits per heavy atom. The third-order valence-corrected chi connectivity index (χ3v) is 5.91. The van der Waals surface area contributed by atoms with Crippen molar-refractivity contribution < 1.29 is 22.5 Å². The first-order valence-electron chi connectivity index (χ1n) is 5.84. The summed E-state index contributed by atoms with van der Waals surface area (Å²) < 4.78 is 35.7. The summed E-state index contributed by atoms with van der Waals surface area (Å²) in [7, 11) is -5.29. The molecular weight excluding hydrogens is 324 g/mol. The van der Waals surface area contributed by atoms with Crippen molar-refractivity contribution in [3.05, 3.63) is 22.7 Å². The van der Waals surface area contributed by atoms with E-state index in [1.807, 2.05) is 6.92 Å². The number of unbranched alkanes of at least 4 members (excludes halogenated alkanes) is 1. The van der Waals surface area contributed by atoms with Gasteiger partial charge in [0, 0.05) is 12.0 Å². The molecule has 0 bridgehead atoms. The fourth-order valence-corrected chi connectivity index (χ4v) is 4.99. The number of hydrogen-bond donors (Lipinski definition) is 1. The number of rotatable bonds is 6. The van der Waals surface area contributed by atoms with Crippen molar-refractivity contribution in [3.8, 4) is 0 Å². The molecule has 1 aromatic carbocycles. The van der Waals surface area contributed by atoms with E-state index >= 15 is 0 Å². The van der Waals surface area contributed by atoms with Crippen LogP contribution in [0.3, 0.4) is 0 Å². The summed E-state index contributed by atoms with van der Waals surface area (Å²) in [5, 5.41) is 8.74. The van der Waals surface area contributed by atoms with Crippen molar-refractivity contribution in [2.45, 2.75) is 29.6 Å². The summed E-state index contributed by atoms with van der Waals surface area (Å²) in [6.45, 7) is 1.91. The first-order chi connectivity index (χ1) is 9.20. The van der Waals surface area contributed by atoms with E-state index in [1.165, 1.54) is 0 Å². The highest BCUT2D eigenvalue weighted by molar-refractivity contribution is 7.92. The lowest BCUT2D eigenvalue weighted by atomic mass is 10.2. The van der Waals surface area contributed by atoms with Crippen molar-refractivity contribution in [1.82, 2.24) is 0 Å². The van der Waals surface area contributed by atoms with Gasteiger partial charge in [0.15, 0.2) is 9.84 Å². The van der Waals surface area contributed by atoms with Crippen LogP contribution in [0.2, 0.25) is 5.02 Å². The van der Waals surface area contributed by atoms with Crippen LogP contribution in [0.1, 0.15) is 30.1 Å². The van der Waals surface area contributed by atoms with Crippen LogP contribution < -0.4 is 0 Å². The first kappa shape index (κ1) is 17.1. The highest BCUT2D eigenvalue weighted by atomic mass is 35.5. The number of aromatic carboxylic acids is 1. The average molecular weight is 339 g/mol. The van der Waals surface area contributed by atoms with Crippen molar-refractivity contribution >= 4 is 38.2 Å². The fourth-order valence-electron chi connectivity index (χ4n) is 1.59. The maximum atomic E-state index is 12.2. The van der Waals surface area contributed by atoms with Gasteiger partial charge >= 0.3 is 5.97 Å². The number of sulfone groups is 1. The lowest BCUT2D eigenvalue weighted by molar-refractivity contribution is 0.0696. The van der Waals surface area contributed by atoms with Gasteiger partial charge in [-0.25, -0.2) is 13.2 Å². The summed E-state index contributed by atoms with van der Waals surface area (Å²) in [4.78, 5) is 10.8. The molecule has 0 aromatic heterocycles. The molecule has 20 heavy (non-hydrogen) atoms. The fraction of sp³-hybridized carbons (Fsp3) is 0.417. The predicted octanol–water partition coefficient (Wildman–Crippen LogP) is 2.35. The van der Waals surface area contributed by atoms with Gasteiger partial charge < -0.3 is 5.11 Å². The van der Waals surface area contributed by atoms with Gasteiger partial charge in [0.05, 0.1) is 31.2 Å². The van der Waals surface area contributed by atoms with E-state index in [2.05, 4.69) is 0 Å². The van der Waals surface area contributed by atoms with Crippen LogP contribution >= 0.6 is 11.6 Å². The van der Waals surface area contributed by atoms with Crippen LogP contribution in [-0.2, 0) is 20.6 Å². The van der Waals surface area contributed by atoms with Crippen LogP contribution in [0.4, 0.5) is 0 Å². The minimum Gasteiger partial charge on any atom is -0.478 e. The molecule has 0 saturated carbocycles. The number of carboxylic acids is 1. The molecule has 1 aromatic rings. The van der Waals surface area contributed by atoms with E-state index in [0.717, 1.165) is 24.8 Å². The Balaban J connectivity index is 3.53. The number of carboxylic acid groups (broad SMARTS) is 1. The van der Waals surface area contributed by atoms with E-state index < -0.39 is 26.6 Å². The van der Waals surface area contributed by atoms with Crippen LogP contribution in [0, 0.1) is 0 Å². The zero-order valence-electron chi connectivity index (χ0n) is 11.1. The maximum absolute atomic E-state index is 12.2. The second kappa shape index (κ2) is 6.69. The Labute approximate surface area is 125 Å². The number of carbonyl (C=O) groups is 1. The largest absolute Gasteiger partial charge is 0.478 e. The highest BCUT2D eigenvalue weighted by Gasteiger charge is 2.25. The molecule has 0 aliphatic heterocycles. The molecule has 0 saturated heterocycles. The second-order valence-corrected chi connectivity index (χ2v) is 8.10. The molecule has 0 amide bonds. The smallest absolute Gasteiger partial charge is 0.337 e. The molecule has 0 aliphatic rings. The van der Waals surface area contributed by atoms with Crippen LogP contribution in [-0.4, -0.2) is 35.7 Å². The predicted molar refractivity (Wildman–Crippen MR) is 77.7 cm³/mol. The summed E-state index contributed by atoms with van der Waals surface area (Å²) >= 11 is 5.95. The summed E-state index contributed by atoms with van der Waals surface area (Å²) in [5.74, 6) is -1.05. The van der Waals surface area contributed by atoms with Crippen LogP contribution in [0.5, 0.6) is 0 Å². The molecule has 8 heteroatoms. The number of hydrogen-bond acceptors (Lipinski definition) is 4. The third-order valence-electron chi connectivity index (χ3n) is 2.60. The molecule has 1 rings (SSSR count). The maximum Gasteiger partial charge on any atom is 0.337 e. The SMILES string of the molecule is CCCCS(=O)c1c(S(C)(=O)=O)ccc(C(=O)O)c1Cl. The Hall–Kier alpha value is -0.920. The molecule has 0 spiro atoms. The van der Waals surface area contributed by atoms with E-state index in [9.17, 15) is 17.4 Å². The average Bonchev–Trinajstić information content (AvgIpc) is 2.33. The van der Waals surface area contributed by atoms with E-state index in [-0.39, 0.29) is 26.1 Å². The van der Waals surface area contributed by atoms with Gasteiger partial charge in [-0.3, -0.25) is 4.21 Å². The van der Waals surface area contributed by atoms with Crippen molar-refractivity contribution in [2.24, 2.45) is 0 Å². The third kappa shape index (κ3) is 3.80. The minimum absolute atomic E-state index is 0.109. The van der Waals surface area contributed by atoms with Crippen LogP contribution in [0.15, 0.2) is 21.9 Å². The molecule has 112 valence electrons. The lowest BCUT2D eigenvalue weighted by Crippen LogP contribution is -2.10. The molecule has 1 unspecified atom stereocenters. The minimum atomic E-state index is -3.64. The molecule has 0 fully saturated rings. The molecule has 1 N–H and O–H groups in total. The molecule has 5 nitrogen and oxygen atoms in total. The monoisotopic (exact) mass is 338 g/mol. The standard InChI is InChI=1S/C12H15ClO5S2/c1-3-4-7-19(16)11-9(20(2,17)18)6-5-8(10(11)13)12(14)15/h5-6H,3-4,7H2,1-2H3,(H,14,15). The van der Waals surface area contributed by atoms with Crippen molar-refractivity contribution in [3.63, 3.8) is 0 Å². The summed E-state index contributed by atoms with van der Waals surface area (Å²) in [6.07, 6.45) is 2.39. The highest BCUT2D eigenvalue weighted by Crippen LogP contribution is 2.31. The lowest BCUT2D eigenvalue weighted by Gasteiger charge is -2.11. The topological polar surface area (TPSA) is 88.5 Å². The van der Waals surface area contributed by atoms with E-state index in [0.29, 0.717) is 6.42 Å². The van der Waals surface area contributed by atoms with Gasteiger partial charge in [-0.2, -0.15) is 0 Å². The van der Waals surface area contributed by atoms with Gasteiger partial charge in [0.2, 0.25) is 0 Å². The Bertz CT molecular complexity index is 652. The number of benzene rings is 1. The molecule has 0 radical (unpaired) electrons. The van der Waals surface area contributed by atoms with Crippen molar-refractivity contribution in [2.75, 3.05) is 12.0 Å². The second-order valence-electron chi connectivity index (χ2n) is 4.23. The Morgan fingerprint density at radius 3 is 2.45 bits per heavy atom. The zero-order valence-corrected chi connectivity index (χ0v) is 13.4. The van der Waals surface area contributed by atoms with E-state index in [1.54, 1.807) is 0 Å². The van der Waals surface area contributed by atoms with Gasteiger partial charge in [-0.05, 0) is 18.6 Å². The molecule has 0 heterocycles. The normalized spacial score (nSPS) is 13.2. The van der Waals surface area contributed by atoms with Crippen molar-refractivity contribution in [1.29, 1.82) is 0 Å². The summed E-state index contributed by atoms with van der Waals surface area (Å²) in [6, 6.07) is 2.26. The molecular formula is C12H15ClO5S2. The van der Waals surface area contributed by atoms with Gasteiger partial charge in [-0.15, -0.1) is 0 Å². The summed E-state index contributed by atoms with van der Waals surface area (Å²) in [5.41, 5.74) is -0.251. The Kier molecular flexibility index (Phi) is 5.73. The molecule has 1 atom stereocenters. The number of halogens is 1. The Morgan fingerprint density at radius 2 is 2.00 bits per heavy atom. The van der Waals surface area contributed by atoms with E-state index in [4.69, 9.17) is 16.7 Å². The van der Waals surface area contributed by atoms with Gasteiger partial charge in [-0.1, -0.05) is 24.9 Å². The molecule has 0 aliphatic carbocycles.